The second-order valence-corrected chi connectivity index (χ2v) is 11.5. The molecule has 0 fully saturated rings. The fourth-order valence-electron chi connectivity index (χ4n) is 2.56. The van der Waals surface area contributed by atoms with Crippen molar-refractivity contribution in [3.63, 3.8) is 0 Å². The van der Waals surface area contributed by atoms with E-state index < -0.39 is 44.2 Å². The monoisotopic (exact) mass is 451 g/mol. The molecular weight excluding hydrogens is 422 g/mol. The Bertz CT molecular complexity index is 603. The minimum absolute atomic E-state index is 0.0823. The Labute approximate surface area is 162 Å². The summed E-state index contributed by atoms with van der Waals surface area (Å²) in [5, 5.41) is 0. The highest BCUT2D eigenvalue weighted by Crippen LogP contribution is 2.56. The van der Waals surface area contributed by atoms with Crippen LogP contribution in [0, 0.1) is 11.3 Å². The van der Waals surface area contributed by atoms with Crippen LogP contribution in [-0.2, 0) is 34.1 Å². The fraction of sp³-hybridized carbons (Fsp3) is 0.929. The van der Waals surface area contributed by atoms with Gasteiger partial charge in [0.05, 0.1) is 18.9 Å². The molecule has 0 rings (SSSR count). The summed E-state index contributed by atoms with van der Waals surface area (Å²) in [7, 11) is -9.56. The van der Waals surface area contributed by atoms with Crippen molar-refractivity contribution in [3.05, 3.63) is 0 Å². The van der Waals surface area contributed by atoms with Gasteiger partial charge in [-0.25, -0.2) is 8.88 Å². The maximum Gasteiger partial charge on any atom is 0.476 e. The first-order valence-corrected chi connectivity index (χ1v) is 12.9. The summed E-state index contributed by atoms with van der Waals surface area (Å²) in [5.74, 6) is -0.556. The Morgan fingerprint density at radius 2 is 1.81 bits per heavy atom. The molecule has 10 nitrogen and oxygen atoms in total. The first-order valence-electron chi connectivity index (χ1n) is 8.36. The van der Waals surface area contributed by atoms with Crippen LogP contribution in [0.1, 0.15) is 47.0 Å². The summed E-state index contributed by atoms with van der Waals surface area (Å²) in [6.45, 7) is 6.62. The topological polar surface area (TPSA) is 170 Å². The summed E-state index contributed by atoms with van der Waals surface area (Å²) in [5.41, 5.74) is -0.676. The van der Waals surface area contributed by atoms with Crippen molar-refractivity contribution >= 4 is 32.3 Å². The van der Waals surface area contributed by atoms with Gasteiger partial charge in [-0.3, -0.25) is 13.6 Å². The zero-order chi connectivity index (χ0) is 21.5. The molecule has 3 N–H and O–H groups in total. The number of carbonyl (C=O) groups excluding carboxylic acids is 1. The summed E-state index contributed by atoms with van der Waals surface area (Å²) < 4.78 is 53.0. The molecule has 0 heterocycles. The van der Waals surface area contributed by atoms with Crippen molar-refractivity contribution in [2.24, 2.45) is 11.3 Å². The Morgan fingerprint density at radius 1 is 1.26 bits per heavy atom. The molecule has 0 aliphatic heterocycles. The van der Waals surface area contributed by atoms with Gasteiger partial charge in [-0.1, -0.05) is 31.9 Å². The van der Waals surface area contributed by atoms with Gasteiger partial charge in [-0.2, -0.15) is 0 Å². The molecule has 0 radical (unpaired) electrons. The van der Waals surface area contributed by atoms with Crippen molar-refractivity contribution < 1.29 is 46.4 Å². The lowest BCUT2D eigenvalue weighted by Crippen LogP contribution is -2.29. The zero-order valence-corrected chi connectivity index (χ0v) is 18.5. The lowest BCUT2D eigenvalue weighted by atomic mass is 9.83. The standard InChI is InChI=1S/C14H30O10P2S/c1-5-12(13(15)9-14(3,4)10-27(21)22)8-11(2)23-6-7-25(16,17)24-26(18,19)20/h11-12H,5-10H2,1-4H3,(H,16,17)(H,21,22)(H2,18,19,20)/p-1. The third kappa shape index (κ3) is 13.8. The highest BCUT2D eigenvalue weighted by atomic mass is 32.2. The molecule has 162 valence electrons. The van der Waals surface area contributed by atoms with E-state index in [2.05, 4.69) is 4.31 Å². The second kappa shape index (κ2) is 11.3. The van der Waals surface area contributed by atoms with Crippen molar-refractivity contribution in [2.75, 3.05) is 18.5 Å². The van der Waals surface area contributed by atoms with Crippen molar-refractivity contribution in [1.29, 1.82) is 0 Å². The number of carbonyl (C=O) groups is 1. The van der Waals surface area contributed by atoms with E-state index in [9.17, 15) is 27.6 Å². The molecule has 0 aliphatic rings. The predicted octanol–water partition coefficient (Wildman–Crippen LogP) is 1.97. The third-order valence-corrected chi connectivity index (χ3v) is 7.37. The van der Waals surface area contributed by atoms with E-state index in [1.165, 1.54) is 0 Å². The number of hydrogen-bond donors (Lipinski definition) is 3. The molecule has 0 aromatic carbocycles. The van der Waals surface area contributed by atoms with Crippen molar-refractivity contribution in [2.45, 2.75) is 53.1 Å². The van der Waals surface area contributed by atoms with E-state index in [1.807, 2.05) is 6.92 Å². The van der Waals surface area contributed by atoms with Crippen LogP contribution in [0.25, 0.3) is 0 Å². The van der Waals surface area contributed by atoms with Gasteiger partial charge < -0.3 is 24.0 Å². The van der Waals surface area contributed by atoms with E-state index in [4.69, 9.17) is 14.5 Å². The molecular formula is C14H29O10P2S-. The molecule has 0 amide bonds. The van der Waals surface area contributed by atoms with E-state index in [0.29, 0.717) is 12.8 Å². The summed E-state index contributed by atoms with van der Waals surface area (Å²) in [6, 6.07) is 0. The molecule has 0 aromatic rings. The lowest BCUT2D eigenvalue weighted by molar-refractivity contribution is -0.126. The summed E-state index contributed by atoms with van der Waals surface area (Å²) >= 11 is -2.24. The lowest BCUT2D eigenvalue weighted by Gasteiger charge is -2.27. The maximum atomic E-state index is 12.4. The van der Waals surface area contributed by atoms with Crippen molar-refractivity contribution in [1.82, 2.24) is 0 Å². The third-order valence-electron chi connectivity index (χ3n) is 3.74. The minimum atomic E-state index is -5.08. The molecule has 0 saturated heterocycles. The molecule has 27 heavy (non-hydrogen) atoms. The van der Waals surface area contributed by atoms with E-state index in [-0.39, 0.29) is 30.5 Å². The molecule has 0 bridgehead atoms. The Kier molecular flexibility index (Phi) is 11.3. The normalized spacial score (nSPS) is 18.5. The van der Waals surface area contributed by atoms with Gasteiger partial charge in [0.2, 0.25) is 0 Å². The SMILES string of the molecule is CCC(CC(C)OCCP(=O)(O)OP(=O)(O)O)C(=O)CC(C)(C)CS(=O)[O-]. The van der Waals surface area contributed by atoms with Gasteiger partial charge in [0, 0.05) is 18.1 Å². The van der Waals surface area contributed by atoms with Crippen LogP contribution in [0.4, 0.5) is 0 Å². The zero-order valence-electron chi connectivity index (χ0n) is 15.9. The van der Waals surface area contributed by atoms with Gasteiger partial charge in [0.15, 0.2) is 0 Å². The van der Waals surface area contributed by atoms with Crippen LogP contribution in [-0.4, -0.2) is 53.9 Å². The average Bonchev–Trinajstić information content (AvgIpc) is 2.39. The molecule has 0 aromatic heterocycles. The van der Waals surface area contributed by atoms with E-state index in [1.54, 1.807) is 20.8 Å². The van der Waals surface area contributed by atoms with Crippen LogP contribution < -0.4 is 0 Å². The molecule has 0 saturated carbocycles. The van der Waals surface area contributed by atoms with E-state index in [0.717, 1.165) is 0 Å². The van der Waals surface area contributed by atoms with Crippen LogP contribution >= 0.6 is 15.4 Å². The smallest absolute Gasteiger partial charge is 0.476 e. The van der Waals surface area contributed by atoms with Gasteiger partial charge in [0.25, 0.3) is 0 Å². The average molecular weight is 451 g/mol. The first-order chi connectivity index (χ1) is 12.1. The molecule has 4 atom stereocenters. The Morgan fingerprint density at radius 3 is 2.26 bits per heavy atom. The fourth-order valence-corrected chi connectivity index (χ4v) is 5.29. The number of phosphoric acid groups is 1. The minimum Gasteiger partial charge on any atom is -0.772 e. The number of Topliss-reactive ketones (excluding diaryl/α,β-unsaturated/α-hetero) is 1. The molecule has 0 aliphatic carbocycles. The molecule has 4 unspecified atom stereocenters. The van der Waals surface area contributed by atoms with Crippen LogP contribution in [0.5, 0.6) is 0 Å². The van der Waals surface area contributed by atoms with Gasteiger partial charge in [-0.15, -0.1) is 0 Å². The van der Waals surface area contributed by atoms with Gasteiger partial charge in [0.1, 0.15) is 5.78 Å². The molecule has 13 heteroatoms. The Hall–Kier alpha value is 0.0400. The van der Waals surface area contributed by atoms with Crippen LogP contribution in [0.3, 0.4) is 0 Å². The number of ether oxygens (including phenoxy) is 1. The maximum absolute atomic E-state index is 12.4. The van der Waals surface area contributed by atoms with Crippen LogP contribution in [0.15, 0.2) is 0 Å². The van der Waals surface area contributed by atoms with E-state index >= 15 is 0 Å². The highest BCUT2D eigenvalue weighted by Gasteiger charge is 2.31. The van der Waals surface area contributed by atoms with Gasteiger partial charge in [-0.05, 0) is 25.2 Å². The molecule has 0 spiro atoms. The van der Waals surface area contributed by atoms with Gasteiger partial charge >= 0.3 is 15.4 Å². The second-order valence-electron chi connectivity index (χ2n) is 7.21. The Balaban J connectivity index is 4.54. The number of rotatable bonds is 14. The summed E-state index contributed by atoms with van der Waals surface area (Å²) in [6.07, 6.45) is -0.0844. The van der Waals surface area contributed by atoms with Crippen molar-refractivity contribution in [3.8, 4) is 0 Å². The highest BCUT2D eigenvalue weighted by molar-refractivity contribution is 7.79. The summed E-state index contributed by atoms with van der Waals surface area (Å²) in [4.78, 5) is 38.9. The number of ketones is 1. The van der Waals surface area contributed by atoms with Crippen LogP contribution in [0.2, 0.25) is 0 Å². The quantitative estimate of drug-likeness (QED) is 0.262. The number of hydrogen-bond acceptors (Lipinski definition) is 7. The predicted molar refractivity (Wildman–Crippen MR) is 98.8 cm³/mol. The largest absolute Gasteiger partial charge is 0.772 e. The first kappa shape index (κ1) is 27.0.